The molecule has 2 aromatic rings. The molecule has 0 atom stereocenters. The lowest BCUT2D eigenvalue weighted by Gasteiger charge is -2.00. The third kappa shape index (κ3) is 1.17. The standard InChI is InChI=1S/C15H10/c1-2-11-7-8-15-13(9-11)10-12-5-3-4-6-14(12)15/h1,3-9H,10H2. The molecule has 0 aliphatic heterocycles. The fraction of sp³-hybridized carbons (Fsp3) is 0.0667. The Balaban J connectivity index is 2.23. The summed E-state index contributed by atoms with van der Waals surface area (Å²) in [5, 5.41) is 0. The Morgan fingerprint density at radius 3 is 2.60 bits per heavy atom. The van der Waals surface area contributed by atoms with Gasteiger partial charge in [0.05, 0.1) is 0 Å². The van der Waals surface area contributed by atoms with E-state index in [-0.39, 0.29) is 0 Å². The molecule has 0 aromatic heterocycles. The highest BCUT2D eigenvalue weighted by molar-refractivity contribution is 5.77. The molecule has 0 heteroatoms. The third-order valence-corrected chi connectivity index (χ3v) is 2.96. The van der Waals surface area contributed by atoms with Crippen molar-refractivity contribution in [3.8, 4) is 23.5 Å². The van der Waals surface area contributed by atoms with Crippen LogP contribution in [-0.2, 0) is 6.42 Å². The number of terminal acetylenes is 1. The molecule has 1 aliphatic rings. The predicted octanol–water partition coefficient (Wildman–Crippen LogP) is 3.24. The van der Waals surface area contributed by atoms with Crippen molar-refractivity contribution in [3.63, 3.8) is 0 Å². The van der Waals surface area contributed by atoms with Crippen LogP contribution in [0.1, 0.15) is 16.7 Å². The second-order valence-corrected chi connectivity index (χ2v) is 3.85. The van der Waals surface area contributed by atoms with Crippen molar-refractivity contribution in [2.75, 3.05) is 0 Å². The summed E-state index contributed by atoms with van der Waals surface area (Å²) in [6.07, 6.45) is 6.41. The van der Waals surface area contributed by atoms with Gasteiger partial charge in [0, 0.05) is 5.56 Å². The molecule has 0 unspecified atom stereocenters. The first kappa shape index (κ1) is 8.32. The summed E-state index contributed by atoms with van der Waals surface area (Å²) in [4.78, 5) is 0. The molecule has 0 nitrogen and oxygen atoms in total. The van der Waals surface area contributed by atoms with E-state index in [2.05, 4.69) is 42.3 Å². The molecule has 0 fully saturated rings. The van der Waals surface area contributed by atoms with E-state index < -0.39 is 0 Å². The second kappa shape index (κ2) is 3.00. The van der Waals surface area contributed by atoms with Crippen LogP contribution in [-0.4, -0.2) is 0 Å². The van der Waals surface area contributed by atoms with E-state index in [1.807, 2.05) is 6.07 Å². The van der Waals surface area contributed by atoms with Gasteiger partial charge in [-0.05, 0) is 40.8 Å². The first-order valence-corrected chi connectivity index (χ1v) is 5.06. The number of benzene rings is 2. The van der Waals surface area contributed by atoms with Crippen molar-refractivity contribution in [1.29, 1.82) is 0 Å². The molecule has 0 saturated heterocycles. The number of fused-ring (bicyclic) bond motifs is 3. The fourth-order valence-corrected chi connectivity index (χ4v) is 2.23. The maximum atomic E-state index is 5.40. The lowest BCUT2D eigenvalue weighted by Crippen LogP contribution is -1.81. The Labute approximate surface area is 89.6 Å². The molecule has 2 aromatic carbocycles. The Kier molecular flexibility index (Phi) is 1.66. The van der Waals surface area contributed by atoms with E-state index in [0.717, 1.165) is 12.0 Å². The van der Waals surface area contributed by atoms with Crippen LogP contribution in [0.4, 0.5) is 0 Å². The van der Waals surface area contributed by atoms with Gasteiger partial charge < -0.3 is 0 Å². The van der Waals surface area contributed by atoms with Gasteiger partial charge in [0.1, 0.15) is 0 Å². The molecule has 15 heavy (non-hydrogen) atoms. The van der Waals surface area contributed by atoms with Gasteiger partial charge in [-0.1, -0.05) is 36.3 Å². The summed E-state index contributed by atoms with van der Waals surface area (Å²) in [5.74, 6) is 2.68. The summed E-state index contributed by atoms with van der Waals surface area (Å²) in [7, 11) is 0. The first-order chi connectivity index (χ1) is 7.38. The molecule has 0 radical (unpaired) electrons. The summed E-state index contributed by atoms with van der Waals surface area (Å²) in [6.45, 7) is 0. The van der Waals surface area contributed by atoms with Gasteiger partial charge in [-0.15, -0.1) is 6.42 Å². The Bertz CT molecular complexity index is 571. The van der Waals surface area contributed by atoms with Crippen LogP contribution >= 0.6 is 0 Å². The van der Waals surface area contributed by atoms with Crippen LogP contribution in [0.25, 0.3) is 11.1 Å². The quantitative estimate of drug-likeness (QED) is 0.477. The summed E-state index contributed by atoms with van der Waals surface area (Å²) < 4.78 is 0. The number of rotatable bonds is 0. The van der Waals surface area contributed by atoms with Crippen LogP contribution in [0, 0.1) is 12.3 Å². The molecule has 0 saturated carbocycles. The number of hydrogen-bond acceptors (Lipinski definition) is 0. The van der Waals surface area contributed by atoms with Crippen molar-refractivity contribution in [3.05, 3.63) is 59.2 Å². The lowest BCUT2D eigenvalue weighted by atomic mass is 10.0. The van der Waals surface area contributed by atoms with Crippen molar-refractivity contribution >= 4 is 0 Å². The van der Waals surface area contributed by atoms with Crippen LogP contribution in [0.3, 0.4) is 0 Å². The van der Waals surface area contributed by atoms with E-state index in [1.165, 1.54) is 22.3 Å². The van der Waals surface area contributed by atoms with Crippen molar-refractivity contribution in [2.24, 2.45) is 0 Å². The highest BCUT2D eigenvalue weighted by atomic mass is 14.2. The Hall–Kier alpha value is -2.00. The molecule has 0 N–H and O–H groups in total. The van der Waals surface area contributed by atoms with Crippen LogP contribution in [0.5, 0.6) is 0 Å². The van der Waals surface area contributed by atoms with Gasteiger partial charge in [0.25, 0.3) is 0 Å². The maximum absolute atomic E-state index is 5.40. The van der Waals surface area contributed by atoms with E-state index in [4.69, 9.17) is 6.42 Å². The van der Waals surface area contributed by atoms with E-state index in [0.29, 0.717) is 0 Å². The molecule has 70 valence electrons. The van der Waals surface area contributed by atoms with Gasteiger partial charge in [0.2, 0.25) is 0 Å². The fourth-order valence-electron chi connectivity index (χ4n) is 2.23. The van der Waals surface area contributed by atoms with Gasteiger partial charge in [-0.2, -0.15) is 0 Å². The monoisotopic (exact) mass is 190 g/mol. The smallest absolute Gasteiger partial charge is 0.0245 e. The minimum atomic E-state index is 0.974. The minimum Gasteiger partial charge on any atom is -0.115 e. The minimum absolute atomic E-state index is 0.974. The Morgan fingerprint density at radius 1 is 0.933 bits per heavy atom. The van der Waals surface area contributed by atoms with Crippen molar-refractivity contribution in [2.45, 2.75) is 6.42 Å². The van der Waals surface area contributed by atoms with Crippen LogP contribution in [0.15, 0.2) is 42.5 Å². The largest absolute Gasteiger partial charge is 0.115 e. The normalized spacial score (nSPS) is 11.7. The first-order valence-electron chi connectivity index (χ1n) is 5.06. The summed E-state index contributed by atoms with van der Waals surface area (Å²) in [5.41, 5.74) is 6.43. The van der Waals surface area contributed by atoms with Crippen molar-refractivity contribution in [1.82, 2.24) is 0 Å². The Morgan fingerprint density at radius 2 is 1.73 bits per heavy atom. The van der Waals surface area contributed by atoms with Crippen LogP contribution in [0.2, 0.25) is 0 Å². The SMILES string of the molecule is C#Cc1ccc2c(c1)Cc1ccccc1-2. The topological polar surface area (TPSA) is 0 Å². The summed E-state index contributed by atoms with van der Waals surface area (Å²) >= 11 is 0. The molecule has 3 rings (SSSR count). The van der Waals surface area contributed by atoms with Crippen molar-refractivity contribution < 1.29 is 0 Å². The number of hydrogen-bond donors (Lipinski definition) is 0. The molecular formula is C15H10. The predicted molar refractivity (Wildman–Crippen MR) is 62.6 cm³/mol. The molecule has 1 aliphatic carbocycles. The molecule has 0 bridgehead atoms. The zero-order valence-corrected chi connectivity index (χ0v) is 8.33. The highest BCUT2D eigenvalue weighted by Crippen LogP contribution is 2.36. The average Bonchev–Trinajstić information content (AvgIpc) is 2.66. The molecule has 0 spiro atoms. The molecule has 0 heterocycles. The van der Waals surface area contributed by atoms with Gasteiger partial charge in [-0.3, -0.25) is 0 Å². The zero-order chi connectivity index (χ0) is 10.3. The molecule has 0 amide bonds. The van der Waals surface area contributed by atoms with E-state index >= 15 is 0 Å². The zero-order valence-electron chi connectivity index (χ0n) is 8.33. The average molecular weight is 190 g/mol. The van der Waals surface area contributed by atoms with Gasteiger partial charge in [0.15, 0.2) is 0 Å². The van der Waals surface area contributed by atoms with Gasteiger partial charge in [-0.25, -0.2) is 0 Å². The van der Waals surface area contributed by atoms with Crippen LogP contribution < -0.4 is 0 Å². The van der Waals surface area contributed by atoms with E-state index in [1.54, 1.807) is 0 Å². The molecular weight excluding hydrogens is 180 g/mol. The summed E-state index contributed by atoms with van der Waals surface area (Å²) in [6, 6.07) is 14.8. The lowest BCUT2D eigenvalue weighted by molar-refractivity contribution is 1.26. The third-order valence-electron chi connectivity index (χ3n) is 2.96. The van der Waals surface area contributed by atoms with Gasteiger partial charge >= 0.3 is 0 Å². The van der Waals surface area contributed by atoms with E-state index in [9.17, 15) is 0 Å². The second-order valence-electron chi connectivity index (χ2n) is 3.85. The maximum Gasteiger partial charge on any atom is 0.0245 e. The highest BCUT2D eigenvalue weighted by Gasteiger charge is 2.17.